The molecule has 122 valence electrons. The van der Waals surface area contributed by atoms with Crippen LogP contribution in [0.25, 0.3) is 11.3 Å². The molecule has 0 spiro atoms. The van der Waals surface area contributed by atoms with Crippen LogP contribution in [0, 0.1) is 5.82 Å². The fraction of sp³-hybridized carbons (Fsp3) is 0.118. The number of amides is 1. The maximum atomic E-state index is 13.6. The van der Waals surface area contributed by atoms with Crippen LogP contribution in [0.2, 0.25) is 0 Å². The molecule has 0 fully saturated rings. The van der Waals surface area contributed by atoms with Crippen molar-refractivity contribution in [2.24, 2.45) is 0 Å². The average Bonchev–Trinajstić information content (AvgIpc) is 3.05. The molecular weight excluding hydrogens is 313 g/mol. The molecule has 0 aliphatic heterocycles. The first-order chi connectivity index (χ1) is 11.6. The molecule has 2 aromatic carbocycles. The number of carbonyl (C=O) groups is 1. The van der Waals surface area contributed by atoms with Gasteiger partial charge in [0.25, 0.3) is 5.91 Å². The third-order valence-electron chi connectivity index (χ3n) is 3.29. The van der Waals surface area contributed by atoms with Crippen molar-refractivity contribution in [1.29, 1.82) is 0 Å². The van der Waals surface area contributed by atoms with Crippen LogP contribution in [-0.2, 0) is 4.79 Å². The topological polar surface area (TPSA) is 77.2 Å². The highest BCUT2D eigenvalue weighted by molar-refractivity contribution is 5.95. The van der Waals surface area contributed by atoms with Crippen LogP contribution in [0.3, 0.4) is 0 Å². The van der Waals surface area contributed by atoms with Crippen molar-refractivity contribution in [2.45, 2.75) is 13.0 Å². The van der Waals surface area contributed by atoms with E-state index in [1.165, 1.54) is 19.1 Å². The second-order valence-corrected chi connectivity index (χ2v) is 5.01. The molecule has 0 saturated heterocycles. The highest BCUT2D eigenvalue weighted by atomic mass is 19.1. The van der Waals surface area contributed by atoms with Gasteiger partial charge in [-0.25, -0.2) is 9.02 Å². The van der Waals surface area contributed by atoms with Crippen LogP contribution in [0.15, 0.2) is 59.2 Å². The zero-order chi connectivity index (χ0) is 16.9. The summed E-state index contributed by atoms with van der Waals surface area (Å²) in [6, 6.07) is 15.0. The van der Waals surface area contributed by atoms with Gasteiger partial charge in [0.2, 0.25) is 5.82 Å². The minimum atomic E-state index is -0.928. The summed E-state index contributed by atoms with van der Waals surface area (Å²) in [7, 11) is 0. The summed E-state index contributed by atoms with van der Waals surface area (Å²) in [5.74, 6) is -0.853. The van der Waals surface area contributed by atoms with Crippen molar-refractivity contribution < 1.29 is 18.6 Å². The maximum absolute atomic E-state index is 13.6. The second-order valence-electron chi connectivity index (χ2n) is 5.01. The number of aromatic nitrogens is 2. The normalized spacial score (nSPS) is 11.8. The number of nitrogens with zero attached hydrogens (tertiary/aromatic N) is 2. The first-order valence-corrected chi connectivity index (χ1v) is 7.25. The van der Waals surface area contributed by atoms with Gasteiger partial charge in [0, 0.05) is 5.56 Å². The lowest BCUT2D eigenvalue weighted by Gasteiger charge is -2.14. The fourth-order valence-electron chi connectivity index (χ4n) is 2.06. The molecule has 0 unspecified atom stereocenters. The summed E-state index contributed by atoms with van der Waals surface area (Å²) in [5.41, 5.74) is 1.15. The second kappa shape index (κ2) is 6.91. The Bertz CT molecular complexity index is 836. The molecule has 1 aromatic heterocycles. The van der Waals surface area contributed by atoms with Gasteiger partial charge in [-0.3, -0.25) is 4.79 Å². The van der Waals surface area contributed by atoms with Gasteiger partial charge in [0.15, 0.2) is 23.4 Å². The quantitative estimate of drug-likeness (QED) is 0.778. The van der Waals surface area contributed by atoms with Gasteiger partial charge in [0.05, 0.1) is 0 Å². The Kier molecular flexibility index (Phi) is 4.51. The molecule has 0 aliphatic rings. The number of benzene rings is 2. The minimum Gasteiger partial charge on any atom is -0.478 e. The molecular formula is C17H14FN3O3. The number of hydrogen-bond donors (Lipinski definition) is 1. The van der Waals surface area contributed by atoms with Gasteiger partial charge in [-0.2, -0.15) is 0 Å². The van der Waals surface area contributed by atoms with Crippen molar-refractivity contribution in [3.8, 4) is 17.0 Å². The summed E-state index contributed by atoms with van der Waals surface area (Å²) in [5, 5.41) is 10.1. The smallest absolute Gasteiger partial charge is 0.266 e. The lowest BCUT2D eigenvalue weighted by atomic mass is 10.1. The van der Waals surface area contributed by atoms with Gasteiger partial charge in [-0.05, 0) is 29.4 Å². The van der Waals surface area contributed by atoms with E-state index in [-0.39, 0.29) is 11.6 Å². The average molecular weight is 327 g/mol. The molecule has 24 heavy (non-hydrogen) atoms. The van der Waals surface area contributed by atoms with Crippen molar-refractivity contribution in [1.82, 2.24) is 10.3 Å². The summed E-state index contributed by atoms with van der Waals surface area (Å²) in [4.78, 5) is 12.2. The van der Waals surface area contributed by atoms with Crippen LogP contribution in [0.5, 0.6) is 5.75 Å². The SMILES string of the molecule is C[C@@H](Oc1ccccc1F)C(=O)Nc1nonc1-c1ccccc1. The summed E-state index contributed by atoms with van der Waals surface area (Å²) in [6.07, 6.45) is -0.928. The molecule has 3 aromatic rings. The minimum absolute atomic E-state index is 0.00158. The number of carbonyl (C=O) groups excluding carboxylic acids is 1. The standard InChI is InChI=1S/C17H14FN3O3/c1-11(23-14-10-6-5-9-13(14)18)17(22)19-16-15(20-24-21-16)12-7-3-2-4-8-12/h2-11H,1H3,(H,19,21,22)/t11-/m1/s1. The van der Waals surface area contributed by atoms with E-state index in [4.69, 9.17) is 9.37 Å². The molecule has 1 heterocycles. The number of halogens is 1. The molecule has 0 radical (unpaired) electrons. The third-order valence-corrected chi connectivity index (χ3v) is 3.29. The molecule has 0 bridgehead atoms. The Morgan fingerprint density at radius 3 is 2.58 bits per heavy atom. The molecule has 0 saturated carbocycles. The van der Waals surface area contributed by atoms with Gasteiger partial charge >= 0.3 is 0 Å². The van der Waals surface area contributed by atoms with Crippen LogP contribution < -0.4 is 10.1 Å². The molecule has 1 atom stereocenters. The van der Waals surface area contributed by atoms with E-state index in [0.29, 0.717) is 5.69 Å². The third kappa shape index (κ3) is 3.40. The van der Waals surface area contributed by atoms with E-state index in [9.17, 15) is 9.18 Å². The number of rotatable bonds is 5. The number of nitrogens with one attached hydrogen (secondary N) is 1. The highest BCUT2D eigenvalue weighted by Gasteiger charge is 2.21. The summed E-state index contributed by atoms with van der Waals surface area (Å²) < 4.78 is 23.6. The van der Waals surface area contributed by atoms with E-state index >= 15 is 0 Å². The van der Waals surface area contributed by atoms with Crippen molar-refractivity contribution in [3.63, 3.8) is 0 Å². The Balaban J connectivity index is 1.72. The lowest BCUT2D eigenvalue weighted by Crippen LogP contribution is -2.30. The number of para-hydroxylation sites is 1. The Hall–Kier alpha value is -3.22. The van der Waals surface area contributed by atoms with Gasteiger partial charge in [0.1, 0.15) is 0 Å². The van der Waals surface area contributed by atoms with Crippen molar-refractivity contribution in [2.75, 3.05) is 5.32 Å². The molecule has 1 amide bonds. The number of anilines is 1. The zero-order valence-corrected chi connectivity index (χ0v) is 12.8. The van der Waals surface area contributed by atoms with Gasteiger partial charge in [-0.15, -0.1) is 0 Å². The van der Waals surface area contributed by atoms with Gasteiger partial charge < -0.3 is 10.1 Å². The first kappa shape index (κ1) is 15.7. The van der Waals surface area contributed by atoms with E-state index in [1.54, 1.807) is 12.1 Å². The summed E-state index contributed by atoms with van der Waals surface area (Å²) in [6.45, 7) is 1.51. The van der Waals surface area contributed by atoms with Crippen LogP contribution >= 0.6 is 0 Å². The Morgan fingerprint density at radius 1 is 1.12 bits per heavy atom. The van der Waals surface area contributed by atoms with E-state index < -0.39 is 17.8 Å². The van der Waals surface area contributed by atoms with Crippen LogP contribution in [0.4, 0.5) is 10.2 Å². The molecule has 1 N–H and O–H groups in total. The fourth-order valence-corrected chi connectivity index (χ4v) is 2.06. The van der Waals surface area contributed by atoms with Crippen LogP contribution in [0.1, 0.15) is 6.92 Å². The Morgan fingerprint density at radius 2 is 1.83 bits per heavy atom. The lowest BCUT2D eigenvalue weighted by molar-refractivity contribution is -0.122. The number of hydrogen-bond acceptors (Lipinski definition) is 5. The first-order valence-electron chi connectivity index (χ1n) is 7.25. The molecule has 3 rings (SSSR count). The molecule has 6 nitrogen and oxygen atoms in total. The van der Waals surface area contributed by atoms with Gasteiger partial charge in [-0.1, -0.05) is 42.5 Å². The van der Waals surface area contributed by atoms with Crippen molar-refractivity contribution in [3.05, 3.63) is 60.4 Å². The predicted molar refractivity (Wildman–Crippen MR) is 84.9 cm³/mol. The maximum Gasteiger partial charge on any atom is 0.266 e. The van der Waals surface area contributed by atoms with E-state index in [0.717, 1.165) is 5.56 Å². The Labute approximate surface area is 137 Å². The number of ether oxygens (including phenoxy) is 1. The highest BCUT2D eigenvalue weighted by Crippen LogP contribution is 2.24. The zero-order valence-electron chi connectivity index (χ0n) is 12.8. The predicted octanol–water partition coefficient (Wildman–Crippen LogP) is 3.28. The molecule has 0 aliphatic carbocycles. The monoisotopic (exact) mass is 327 g/mol. The molecule has 7 heteroatoms. The van der Waals surface area contributed by atoms with Crippen LogP contribution in [-0.4, -0.2) is 22.3 Å². The van der Waals surface area contributed by atoms with E-state index in [1.807, 2.05) is 30.3 Å². The van der Waals surface area contributed by atoms with Crippen molar-refractivity contribution >= 4 is 11.7 Å². The summed E-state index contributed by atoms with van der Waals surface area (Å²) >= 11 is 0. The largest absolute Gasteiger partial charge is 0.478 e. The van der Waals surface area contributed by atoms with E-state index in [2.05, 4.69) is 15.6 Å².